The Morgan fingerprint density at radius 3 is 2.77 bits per heavy atom. The lowest BCUT2D eigenvalue weighted by atomic mass is 10.3. The summed E-state index contributed by atoms with van der Waals surface area (Å²) in [7, 11) is 1.64. The second-order valence-electron chi connectivity index (χ2n) is 5.10. The summed E-state index contributed by atoms with van der Waals surface area (Å²) in [5.41, 5.74) is 1.41. The van der Waals surface area contributed by atoms with Crippen LogP contribution in [0, 0.1) is 0 Å². The van der Waals surface area contributed by atoms with Crippen molar-refractivity contribution in [2.24, 2.45) is 0 Å². The number of nitrogens with zero attached hydrogens (tertiary/aromatic N) is 3. The predicted octanol–water partition coefficient (Wildman–Crippen LogP) is 2.46. The van der Waals surface area contributed by atoms with E-state index in [0.29, 0.717) is 5.69 Å². The van der Waals surface area contributed by atoms with Crippen molar-refractivity contribution >= 4 is 17.7 Å². The maximum Gasteiger partial charge on any atom is 0.274 e. The highest BCUT2D eigenvalue weighted by Gasteiger charge is 2.19. The van der Waals surface area contributed by atoms with Gasteiger partial charge >= 0.3 is 0 Å². The monoisotopic (exact) mass is 317 g/mol. The lowest BCUT2D eigenvalue weighted by Gasteiger charge is -2.18. The second kappa shape index (κ2) is 6.87. The van der Waals surface area contributed by atoms with E-state index in [4.69, 9.17) is 4.74 Å². The number of benzene rings is 1. The van der Waals surface area contributed by atoms with Gasteiger partial charge in [-0.2, -0.15) is 16.9 Å². The summed E-state index contributed by atoms with van der Waals surface area (Å²) >= 11 is 1.91. The molecule has 2 aromatic rings. The summed E-state index contributed by atoms with van der Waals surface area (Å²) in [5.74, 6) is 2.96. The average Bonchev–Trinajstić information content (AvgIpc) is 2.90. The molecule has 1 aliphatic rings. The zero-order valence-electron chi connectivity index (χ0n) is 12.6. The lowest BCUT2D eigenvalue weighted by Crippen LogP contribution is -2.33. The molecular weight excluding hydrogens is 298 g/mol. The number of ether oxygens (including phenoxy) is 1. The van der Waals surface area contributed by atoms with Crippen molar-refractivity contribution in [1.29, 1.82) is 0 Å². The first-order chi connectivity index (χ1) is 10.8. The van der Waals surface area contributed by atoms with Gasteiger partial charge in [-0.25, -0.2) is 4.68 Å². The van der Waals surface area contributed by atoms with Crippen molar-refractivity contribution in [1.82, 2.24) is 14.7 Å². The zero-order valence-corrected chi connectivity index (χ0v) is 13.4. The van der Waals surface area contributed by atoms with Crippen molar-refractivity contribution in [2.45, 2.75) is 6.42 Å². The van der Waals surface area contributed by atoms with Crippen molar-refractivity contribution < 1.29 is 9.53 Å². The molecule has 0 bridgehead atoms. The van der Waals surface area contributed by atoms with Crippen LogP contribution in [-0.2, 0) is 0 Å². The van der Waals surface area contributed by atoms with Crippen LogP contribution < -0.4 is 4.74 Å². The van der Waals surface area contributed by atoms with E-state index in [9.17, 15) is 4.79 Å². The number of methoxy groups -OCH3 is 1. The molecule has 116 valence electrons. The molecule has 0 saturated carbocycles. The van der Waals surface area contributed by atoms with Gasteiger partial charge < -0.3 is 9.64 Å². The first-order valence-electron chi connectivity index (χ1n) is 7.35. The fourth-order valence-corrected chi connectivity index (χ4v) is 3.31. The number of amides is 1. The number of hydrogen-bond acceptors (Lipinski definition) is 4. The minimum absolute atomic E-state index is 0.0229. The molecule has 1 aromatic carbocycles. The number of carbonyl (C=O) groups excluding carboxylic acids is 1. The third-order valence-corrected chi connectivity index (χ3v) is 4.70. The van der Waals surface area contributed by atoms with Gasteiger partial charge in [0.05, 0.1) is 12.8 Å². The van der Waals surface area contributed by atoms with E-state index in [-0.39, 0.29) is 5.91 Å². The van der Waals surface area contributed by atoms with Gasteiger partial charge in [-0.3, -0.25) is 4.79 Å². The minimum Gasteiger partial charge on any atom is -0.497 e. The Bertz CT molecular complexity index is 631. The number of hydrogen-bond donors (Lipinski definition) is 0. The minimum atomic E-state index is 0.0229. The lowest BCUT2D eigenvalue weighted by molar-refractivity contribution is 0.0762. The molecule has 6 heteroatoms. The van der Waals surface area contributed by atoms with E-state index in [1.54, 1.807) is 17.9 Å². The summed E-state index contributed by atoms with van der Waals surface area (Å²) < 4.78 is 6.87. The van der Waals surface area contributed by atoms with Gasteiger partial charge in [0.1, 0.15) is 5.75 Å². The van der Waals surface area contributed by atoms with Gasteiger partial charge in [-0.1, -0.05) is 0 Å². The molecule has 22 heavy (non-hydrogen) atoms. The molecule has 0 atom stereocenters. The SMILES string of the molecule is COc1ccc(-n2ccc(C(=O)N3CCCSCC3)n2)cc1. The van der Waals surface area contributed by atoms with Gasteiger partial charge in [-0.15, -0.1) is 0 Å². The number of rotatable bonds is 3. The number of aromatic nitrogens is 2. The second-order valence-corrected chi connectivity index (χ2v) is 6.33. The zero-order chi connectivity index (χ0) is 15.4. The average molecular weight is 317 g/mol. The summed E-state index contributed by atoms with van der Waals surface area (Å²) in [4.78, 5) is 14.4. The fourth-order valence-electron chi connectivity index (χ4n) is 2.43. The molecule has 3 rings (SSSR count). The Morgan fingerprint density at radius 1 is 1.18 bits per heavy atom. The van der Waals surface area contributed by atoms with Crippen molar-refractivity contribution in [2.75, 3.05) is 31.7 Å². The van der Waals surface area contributed by atoms with E-state index in [2.05, 4.69) is 5.10 Å². The van der Waals surface area contributed by atoms with Gasteiger partial charge in [0, 0.05) is 25.0 Å². The molecule has 1 aromatic heterocycles. The van der Waals surface area contributed by atoms with Crippen LogP contribution in [0.4, 0.5) is 0 Å². The third-order valence-electron chi connectivity index (χ3n) is 3.65. The highest BCUT2D eigenvalue weighted by atomic mass is 32.2. The topological polar surface area (TPSA) is 47.4 Å². The fraction of sp³-hybridized carbons (Fsp3) is 0.375. The van der Waals surface area contributed by atoms with Gasteiger partial charge in [-0.05, 0) is 42.5 Å². The molecular formula is C16H19N3O2S. The van der Waals surface area contributed by atoms with Gasteiger partial charge in [0.25, 0.3) is 5.91 Å². The van der Waals surface area contributed by atoms with E-state index < -0.39 is 0 Å². The van der Waals surface area contributed by atoms with E-state index in [1.807, 2.05) is 47.1 Å². The van der Waals surface area contributed by atoms with Crippen molar-refractivity contribution in [3.05, 3.63) is 42.2 Å². The standard InChI is InChI=1S/C16H19N3O2S/c1-21-14-5-3-13(4-6-14)19-9-7-15(17-19)16(20)18-8-2-11-22-12-10-18/h3-7,9H,2,8,10-12H2,1H3. The molecule has 1 fully saturated rings. The maximum absolute atomic E-state index is 12.5. The summed E-state index contributed by atoms with van der Waals surface area (Å²) in [6.07, 6.45) is 2.87. The molecule has 2 heterocycles. The summed E-state index contributed by atoms with van der Waals surface area (Å²) in [6.45, 7) is 1.63. The van der Waals surface area contributed by atoms with Crippen LogP contribution in [0.1, 0.15) is 16.9 Å². The Kier molecular flexibility index (Phi) is 4.68. The van der Waals surface area contributed by atoms with E-state index in [1.165, 1.54) is 0 Å². The predicted molar refractivity (Wildman–Crippen MR) is 88.0 cm³/mol. The Hall–Kier alpha value is -1.95. The molecule has 0 radical (unpaired) electrons. The molecule has 0 aliphatic carbocycles. The highest BCUT2D eigenvalue weighted by Crippen LogP contribution is 2.16. The molecule has 5 nitrogen and oxygen atoms in total. The highest BCUT2D eigenvalue weighted by molar-refractivity contribution is 7.99. The largest absolute Gasteiger partial charge is 0.497 e. The van der Waals surface area contributed by atoms with Crippen LogP contribution in [0.2, 0.25) is 0 Å². The van der Waals surface area contributed by atoms with Gasteiger partial charge in [0.2, 0.25) is 0 Å². The first kappa shape index (κ1) is 15.0. The van der Waals surface area contributed by atoms with Crippen LogP contribution in [0.15, 0.2) is 36.5 Å². The quantitative estimate of drug-likeness (QED) is 0.872. The summed E-state index contributed by atoms with van der Waals surface area (Å²) in [5, 5.41) is 4.42. The van der Waals surface area contributed by atoms with Crippen LogP contribution in [-0.4, -0.2) is 52.3 Å². The Labute approximate surface area is 134 Å². The molecule has 1 saturated heterocycles. The third kappa shape index (κ3) is 3.27. The number of carbonyl (C=O) groups is 1. The molecule has 1 amide bonds. The maximum atomic E-state index is 12.5. The van der Waals surface area contributed by atoms with Crippen LogP contribution in [0.5, 0.6) is 5.75 Å². The molecule has 0 spiro atoms. The van der Waals surface area contributed by atoms with E-state index >= 15 is 0 Å². The summed E-state index contributed by atoms with van der Waals surface area (Å²) in [6, 6.07) is 9.38. The molecule has 0 N–H and O–H groups in total. The Balaban J connectivity index is 1.75. The van der Waals surface area contributed by atoms with Crippen LogP contribution in [0.25, 0.3) is 5.69 Å². The van der Waals surface area contributed by atoms with Crippen molar-refractivity contribution in [3.63, 3.8) is 0 Å². The number of thioether (sulfide) groups is 1. The van der Waals surface area contributed by atoms with Gasteiger partial charge in [0.15, 0.2) is 5.69 Å². The molecule has 1 aliphatic heterocycles. The Morgan fingerprint density at radius 2 is 2.00 bits per heavy atom. The van der Waals surface area contributed by atoms with Crippen LogP contribution >= 0.6 is 11.8 Å². The normalized spacial score (nSPS) is 15.4. The van der Waals surface area contributed by atoms with E-state index in [0.717, 1.165) is 42.5 Å². The molecule has 0 unspecified atom stereocenters. The smallest absolute Gasteiger partial charge is 0.274 e. The van der Waals surface area contributed by atoms with Crippen molar-refractivity contribution in [3.8, 4) is 11.4 Å². The van der Waals surface area contributed by atoms with Crippen LogP contribution in [0.3, 0.4) is 0 Å². The first-order valence-corrected chi connectivity index (χ1v) is 8.50.